The summed E-state index contributed by atoms with van der Waals surface area (Å²) in [6.07, 6.45) is -4.01. The zero-order valence-corrected chi connectivity index (χ0v) is 10.7. The highest BCUT2D eigenvalue weighted by molar-refractivity contribution is 8.14. The minimum atomic E-state index is -1.18. The smallest absolute Gasteiger partial charge is 0.159 e. The van der Waals surface area contributed by atoms with Crippen molar-refractivity contribution in [2.75, 3.05) is 13.2 Å². The van der Waals surface area contributed by atoms with Crippen LogP contribution in [-0.4, -0.2) is 69.6 Å². The maximum Gasteiger partial charge on any atom is 0.159 e. The van der Waals surface area contributed by atoms with E-state index >= 15 is 0 Å². The van der Waals surface area contributed by atoms with E-state index in [4.69, 9.17) is 4.74 Å². The first kappa shape index (κ1) is 14.0. The van der Waals surface area contributed by atoms with Crippen molar-refractivity contribution in [3.05, 3.63) is 0 Å². The number of nitrogens with one attached hydrogen (secondary N) is 1. The molecule has 0 aromatic rings. The molecule has 0 bridgehead atoms. The van der Waals surface area contributed by atoms with E-state index in [1.54, 1.807) is 0 Å². The van der Waals surface area contributed by atoms with Gasteiger partial charge >= 0.3 is 0 Å². The summed E-state index contributed by atoms with van der Waals surface area (Å²) < 4.78 is 17.6. The number of fused-ring (bicyclic) bond motifs is 1. The maximum absolute atomic E-state index is 12.0. The number of hydrogen-bond acceptors (Lipinski definition) is 7. The molecule has 2 heterocycles. The molecule has 2 aliphatic rings. The Morgan fingerprint density at radius 3 is 2.83 bits per heavy atom. The monoisotopic (exact) mass is 280 g/mol. The molecule has 18 heavy (non-hydrogen) atoms. The zero-order valence-electron chi connectivity index (χ0n) is 9.86. The van der Waals surface area contributed by atoms with Gasteiger partial charge in [-0.3, -0.25) is 4.99 Å². The number of hydrogen-bond donors (Lipinski definition) is 4. The summed E-state index contributed by atoms with van der Waals surface area (Å²) in [6, 6.07) is -0.595. The summed E-state index contributed by atoms with van der Waals surface area (Å²) in [4.78, 5) is 4.16. The molecule has 4 N–H and O–H groups in total. The molecule has 6 atom stereocenters. The minimum Gasteiger partial charge on any atom is -0.391 e. The predicted octanol–water partition coefficient (Wildman–Crippen LogP) is -1.16. The van der Waals surface area contributed by atoms with Crippen molar-refractivity contribution in [2.45, 2.75) is 42.8 Å². The van der Waals surface area contributed by atoms with Gasteiger partial charge in [-0.25, -0.2) is 4.39 Å². The van der Waals surface area contributed by atoms with Crippen LogP contribution in [0.25, 0.3) is 0 Å². The topological polar surface area (TPSA) is 94.3 Å². The van der Waals surface area contributed by atoms with Gasteiger partial charge in [0, 0.05) is 6.54 Å². The summed E-state index contributed by atoms with van der Waals surface area (Å²) in [7, 11) is 0. The number of halogens is 1. The van der Waals surface area contributed by atoms with Crippen molar-refractivity contribution >= 4 is 16.9 Å². The molecule has 0 amide bonds. The van der Waals surface area contributed by atoms with Crippen molar-refractivity contribution in [3.63, 3.8) is 0 Å². The fourth-order valence-corrected chi connectivity index (χ4v) is 3.16. The Bertz CT molecular complexity index is 331. The standard InChI is InChI=1S/C10H17FN2O4S/c1-4(14)8-7(16)6(15)5-9(17-8)18-10(13-5)12-3-2-11/h4-9,14-16H,2-3H2,1H3,(H,12,13)/t4-,5+,6+,7-,8+,9+/m0/s1. The molecule has 1 fully saturated rings. The van der Waals surface area contributed by atoms with Crippen LogP contribution in [0.2, 0.25) is 0 Å². The number of aliphatic hydroxyl groups is 3. The van der Waals surface area contributed by atoms with Crippen molar-refractivity contribution in [1.29, 1.82) is 0 Å². The van der Waals surface area contributed by atoms with Crippen molar-refractivity contribution in [3.8, 4) is 0 Å². The van der Waals surface area contributed by atoms with Crippen molar-refractivity contribution in [2.24, 2.45) is 4.99 Å². The van der Waals surface area contributed by atoms with Crippen LogP contribution in [0.3, 0.4) is 0 Å². The highest BCUT2D eigenvalue weighted by Gasteiger charge is 2.49. The fraction of sp³-hybridized carbons (Fsp3) is 0.900. The lowest BCUT2D eigenvalue weighted by molar-refractivity contribution is -0.181. The molecular formula is C10H17FN2O4S. The van der Waals surface area contributed by atoms with Gasteiger partial charge in [0.1, 0.15) is 36.5 Å². The van der Waals surface area contributed by atoms with Gasteiger partial charge in [-0.05, 0) is 6.92 Å². The minimum absolute atomic E-state index is 0.143. The molecule has 6 nitrogen and oxygen atoms in total. The lowest BCUT2D eigenvalue weighted by Gasteiger charge is -2.39. The Morgan fingerprint density at radius 2 is 2.22 bits per heavy atom. The Kier molecular flexibility index (Phi) is 4.44. The van der Waals surface area contributed by atoms with Gasteiger partial charge in [0.2, 0.25) is 0 Å². The lowest BCUT2D eigenvalue weighted by atomic mass is 9.95. The van der Waals surface area contributed by atoms with Crippen LogP contribution in [0, 0.1) is 0 Å². The second kappa shape index (κ2) is 5.70. The van der Waals surface area contributed by atoms with Crippen LogP contribution in [0.15, 0.2) is 4.99 Å². The molecule has 0 unspecified atom stereocenters. The molecule has 1 saturated heterocycles. The number of rotatable bonds is 3. The van der Waals surface area contributed by atoms with E-state index in [0.717, 1.165) is 0 Å². The summed E-state index contributed by atoms with van der Waals surface area (Å²) in [5.41, 5.74) is -0.467. The summed E-state index contributed by atoms with van der Waals surface area (Å²) >= 11 is 1.23. The van der Waals surface area contributed by atoms with E-state index < -0.39 is 42.6 Å². The number of ether oxygens (including phenoxy) is 1. The first-order valence-electron chi connectivity index (χ1n) is 5.78. The number of alkyl halides is 1. The quantitative estimate of drug-likeness (QED) is 0.521. The van der Waals surface area contributed by atoms with Crippen LogP contribution in [0.4, 0.5) is 4.39 Å². The first-order valence-corrected chi connectivity index (χ1v) is 6.66. The van der Waals surface area contributed by atoms with Crippen LogP contribution >= 0.6 is 11.8 Å². The van der Waals surface area contributed by atoms with Gasteiger partial charge < -0.3 is 25.4 Å². The van der Waals surface area contributed by atoms with Crippen LogP contribution < -0.4 is 5.32 Å². The van der Waals surface area contributed by atoms with E-state index in [1.165, 1.54) is 18.7 Å². The van der Waals surface area contributed by atoms with E-state index in [0.29, 0.717) is 5.17 Å². The highest BCUT2D eigenvalue weighted by atomic mass is 32.2. The Morgan fingerprint density at radius 1 is 1.50 bits per heavy atom. The van der Waals surface area contributed by atoms with Gasteiger partial charge in [0.15, 0.2) is 5.17 Å². The molecule has 2 aliphatic heterocycles. The Labute approximate surface area is 108 Å². The molecule has 0 aromatic heterocycles. The van der Waals surface area contributed by atoms with Crippen LogP contribution in [0.5, 0.6) is 0 Å². The third-order valence-electron chi connectivity index (χ3n) is 2.95. The number of aliphatic hydroxyl groups excluding tert-OH is 3. The maximum atomic E-state index is 12.0. The van der Waals surface area contributed by atoms with Gasteiger partial charge in [0.05, 0.1) is 6.10 Å². The number of amidine groups is 1. The second-order valence-electron chi connectivity index (χ2n) is 4.35. The van der Waals surface area contributed by atoms with E-state index in [-0.39, 0.29) is 6.54 Å². The molecule has 8 heteroatoms. The molecule has 104 valence electrons. The van der Waals surface area contributed by atoms with Gasteiger partial charge in [0.25, 0.3) is 0 Å². The second-order valence-corrected chi connectivity index (χ2v) is 5.44. The van der Waals surface area contributed by atoms with Gasteiger partial charge in [-0.1, -0.05) is 11.8 Å². The molecule has 0 saturated carbocycles. The summed E-state index contributed by atoms with van der Waals surface area (Å²) in [6.45, 7) is 1.12. The molecule has 0 spiro atoms. The molecular weight excluding hydrogens is 263 g/mol. The zero-order chi connectivity index (χ0) is 13.3. The van der Waals surface area contributed by atoms with Crippen LogP contribution in [0.1, 0.15) is 6.92 Å². The SMILES string of the molecule is C[C@H](O)[C@H]1O[C@@H]2SC(NCCF)=N[C@@H]2[C@@H](O)[C@@H]1O. The average Bonchev–Trinajstić information content (AvgIpc) is 2.74. The summed E-state index contributed by atoms with van der Waals surface area (Å²) in [5, 5.41) is 32.5. The van der Waals surface area contributed by atoms with Crippen molar-refractivity contribution < 1.29 is 24.4 Å². The number of aliphatic imine (C=N–C) groups is 1. The van der Waals surface area contributed by atoms with Crippen molar-refractivity contribution in [1.82, 2.24) is 5.32 Å². The Hall–Kier alpha value is -0.410. The third kappa shape index (κ3) is 2.62. The number of nitrogens with zero attached hydrogens (tertiary/aromatic N) is 1. The molecule has 0 radical (unpaired) electrons. The third-order valence-corrected chi connectivity index (χ3v) is 4.04. The normalized spacial score (nSPS) is 41.2. The largest absolute Gasteiger partial charge is 0.391 e. The summed E-state index contributed by atoms with van der Waals surface area (Å²) in [5.74, 6) is 0. The van der Waals surface area contributed by atoms with E-state index in [1.807, 2.05) is 0 Å². The van der Waals surface area contributed by atoms with Gasteiger partial charge in [-0.2, -0.15) is 0 Å². The Balaban J connectivity index is 2.04. The van der Waals surface area contributed by atoms with Crippen LogP contribution in [-0.2, 0) is 4.74 Å². The first-order chi connectivity index (χ1) is 8.54. The lowest BCUT2D eigenvalue weighted by Crippen LogP contribution is -2.57. The van der Waals surface area contributed by atoms with E-state index in [9.17, 15) is 19.7 Å². The molecule has 0 aliphatic carbocycles. The highest BCUT2D eigenvalue weighted by Crippen LogP contribution is 2.36. The van der Waals surface area contributed by atoms with Gasteiger partial charge in [-0.15, -0.1) is 0 Å². The molecule has 0 aromatic carbocycles. The van der Waals surface area contributed by atoms with E-state index in [2.05, 4.69) is 10.3 Å². The predicted molar refractivity (Wildman–Crippen MR) is 65.1 cm³/mol. The molecule has 2 rings (SSSR count). The fourth-order valence-electron chi connectivity index (χ4n) is 2.02. The average molecular weight is 280 g/mol. The number of thioether (sulfide) groups is 1.